The molecule has 0 fully saturated rings. The molecule has 0 atom stereocenters. The van der Waals surface area contributed by atoms with Gasteiger partial charge in [0.25, 0.3) is 0 Å². The van der Waals surface area contributed by atoms with Crippen LogP contribution in [0, 0.1) is 20.5 Å². The fraction of sp³-hybridized carbons (Fsp3) is 0.316. The molecule has 3 aromatic rings. The fourth-order valence-electron chi connectivity index (χ4n) is 2.74. The minimum atomic E-state index is -4.94. The lowest BCUT2D eigenvalue weighted by molar-refractivity contribution is -2.00. The Morgan fingerprint density at radius 3 is 1.94 bits per heavy atom. The van der Waals surface area contributed by atoms with Crippen LogP contribution < -0.4 is 37.9 Å². The van der Waals surface area contributed by atoms with Crippen LogP contribution >= 0.6 is 11.3 Å². The van der Waals surface area contributed by atoms with Crippen molar-refractivity contribution >= 4 is 37.2 Å². The number of likely N-dealkylation sites (N-methyl/N-ethyl adjacent to an activating group) is 1. The molecule has 0 spiro atoms. The summed E-state index contributed by atoms with van der Waals surface area (Å²) >= 11 is 1.86. The highest BCUT2D eigenvalue weighted by Crippen LogP contribution is 2.29. The lowest BCUT2D eigenvalue weighted by Crippen LogP contribution is -2.68. The molecule has 1 heterocycles. The van der Waals surface area contributed by atoms with Crippen molar-refractivity contribution in [1.82, 2.24) is 4.90 Å². The van der Waals surface area contributed by atoms with Crippen molar-refractivity contribution in [2.75, 3.05) is 31.5 Å². The van der Waals surface area contributed by atoms with E-state index in [1.54, 1.807) is 0 Å². The van der Waals surface area contributed by atoms with E-state index in [4.69, 9.17) is 37.3 Å². The summed E-state index contributed by atoms with van der Waals surface area (Å²) in [7, 11) is -9.64. The van der Waals surface area contributed by atoms with E-state index in [2.05, 4.69) is 72.6 Å². The second-order valence-electron chi connectivity index (χ2n) is 6.26. The van der Waals surface area contributed by atoms with Gasteiger partial charge in [-0.3, -0.25) is 0 Å². The molecule has 0 amide bonds. The number of rotatable bonds is 6. The summed E-state index contributed by atoms with van der Waals surface area (Å²) in [5.74, 6) is 0. The molecular formula is C19H24Cl2N2O8S. The Bertz CT molecular complexity index is 941. The molecule has 0 saturated heterocycles. The normalized spacial score (nSPS) is 11.6. The van der Waals surface area contributed by atoms with E-state index in [1.165, 1.54) is 25.9 Å². The summed E-state index contributed by atoms with van der Waals surface area (Å²) in [4.78, 5) is 2.43. The predicted octanol–water partition coefficient (Wildman–Crippen LogP) is -3.79. The van der Waals surface area contributed by atoms with Crippen LogP contribution in [0.25, 0.3) is 20.2 Å². The Labute approximate surface area is 193 Å². The number of hydrogen-bond donors (Lipinski definition) is 2. The molecule has 0 aliphatic rings. The molecule has 2 aromatic carbocycles. The molecule has 13 heteroatoms. The minimum Gasteiger partial charge on any atom is -0.384 e. The van der Waals surface area contributed by atoms with E-state index in [0.29, 0.717) is 0 Å². The highest BCUT2D eigenvalue weighted by molar-refractivity contribution is 7.24. The topological polar surface area (TPSA) is 197 Å². The zero-order valence-corrected chi connectivity index (χ0v) is 19.7. The van der Waals surface area contributed by atoms with E-state index in [-0.39, 0.29) is 0 Å². The molecule has 0 radical (unpaired) electrons. The maximum absolute atomic E-state index is 8.60. The van der Waals surface area contributed by atoms with E-state index in [9.17, 15) is 0 Å². The Hall–Kier alpha value is -1.45. The molecule has 0 bridgehead atoms. The molecular weight excluding hydrogens is 487 g/mol. The maximum atomic E-state index is 8.60. The van der Waals surface area contributed by atoms with Crippen LogP contribution in [0.15, 0.2) is 48.5 Å². The van der Waals surface area contributed by atoms with Crippen LogP contribution in [0.1, 0.15) is 13.8 Å². The van der Waals surface area contributed by atoms with Crippen LogP contribution in [-0.2, 0) is 0 Å². The molecule has 2 N–H and O–H groups in total. The van der Waals surface area contributed by atoms with E-state index >= 15 is 0 Å². The fourth-order valence-corrected chi connectivity index (χ4v) is 3.74. The van der Waals surface area contributed by atoms with Crippen LogP contribution in [0.4, 0.5) is 5.69 Å². The zero-order valence-electron chi connectivity index (χ0n) is 17.4. The Morgan fingerprint density at radius 2 is 1.38 bits per heavy atom. The number of halogens is 2. The maximum Gasteiger partial charge on any atom is 0.238 e. The minimum absolute atomic E-state index is 0.990. The second-order valence-corrected chi connectivity index (χ2v) is 8.90. The molecule has 0 aliphatic carbocycles. The molecule has 178 valence electrons. The predicted molar refractivity (Wildman–Crippen MR) is 102 cm³/mol. The highest BCUT2D eigenvalue weighted by atomic mass is 35.7. The third-order valence-corrected chi connectivity index (χ3v) is 5.29. The van der Waals surface area contributed by atoms with Crippen LogP contribution in [0.2, 0.25) is 0 Å². The largest absolute Gasteiger partial charge is 0.384 e. The molecule has 1 aromatic heterocycles. The van der Waals surface area contributed by atoms with Crippen molar-refractivity contribution in [3.8, 4) is 0 Å². The standard InChI is InChI=1S/C19H23N2S.2ClHO4/c1-3-21(4-2)12-11-20-17-9-10-19-16(14-17)13-15-7-5-6-8-18(15)22-19;2*2-1(3,4)5/h5-10,13-14,20H,3-4,11-12H2,1-2H3;2*(H,2,3,4,5)/q+1;;/p-1. The summed E-state index contributed by atoms with van der Waals surface area (Å²) in [6, 6.07) is 17.6. The Morgan fingerprint density at radius 1 is 0.844 bits per heavy atom. The van der Waals surface area contributed by atoms with Gasteiger partial charge in [0.1, 0.15) is 0 Å². The first-order valence-electron chi connectivity index (χ1n) is 9.27. The van der Waals surface area contributed by atoms with Crippen molar-refractivity contribution in [2.45, 2.75) is 13.8 Å². The number of benzene rings is 2. The number of fused-ring (bicyclic) bond motifs is 2. The Balaban J connectivity index is 0.000000431. The van der Waals surface area contributed by atoms with Gasteiger partial charge in [-0.1, -0.05) is 26.0 Å². The first kappa shape index (κ1) is 28.6. The molecule has 3 rings (SSSR count). The van der Waals surface area contributed by atoms with Crippen LogP contribution in [0.5, 0.6) is 0 Å². The van der Waals surface area contributed by atoms with Crippen molar-refractivity contribution in [3.05, 3.63) is 48.5 Å². The summed E-state index contributed by atoms with van der Waals surface area (Å²) < 4.78 is 69.4. The van der Waals surface area contributed by atoms with Gasteiger partial charge in [-0.2, -0.15) is 14.0 Å². The van der Waals surface area contributed by atoms with Gasteiger partial charge in [0, 0.05) is 41.7 Å². The van der Waals surface area contributed by atoms with Crippen molar-refractivity contribution in [3.63, 3.8) is 0 Å². The van der Waals surface area contributed by atoms with E-state index < -0.39 is 20.5 Å². The first-order valence-corrected chi connectivity index (χ1v) is 12.6. The van der Waals surface area contributed by atoms with Crippen molar-refractivity contribution in [1.29, 1.82) is 0 Å². The number of anilines is 1. The highest BCUT2D eigenvalue weighted by Gasteiger charge is 2.10. The van der Waals surface area contributed by atoms with Gasteiger partial charge in [-0.05, 0) is 37.4 Å². The summed E-state index contributed by atoms with van der Waals surface area (Å²) in [5.41, 5.74) is 1.21. The quantitative estimate of drug-likeness (QED) is 0.245. The van der Waals surface area contributed by atoms with Crippen molar-refractivity contribution in [2.24, 2.45) is 0 Å². The van der Waals surface area contributed by atoms with Gasteiger partial charge < -0.3 is 10.2 Å². The molecule has 0 unspecified atom stereocenters. The molecule has 0 aliphatic heterocycles. The second kappa shape index (κ2) is 13.3. The lowest BCUT2D eigenvalue weighted by atomic mass is 10.2. The summed E-state index contributed by atoms with van der Waals surface area (Å²) in [6.45, 7) is 8.74. The smallest absolute Gasteiger partial charge is 0.238 e. The monoisotopic (exact) mass is 510 g/mol. The third-order valence-electron chi connectivity index (χ3n) is 4.11. The Kier molecular flexibility index (Phi) is 11.9. The van der Waals surface area contributed by atoms with Gasteiger partial charge in [0.2, 0.25) is 20.7 Å². The van der Waals surface area contributed by atoms with E-state index in [0.717, 1.165) is 26.2 Å². The lowest BCUT2D eigenvalue weighted by Gasteiger charge is -2.18. The first-order chi connectivity index (χ1) is 14.8. The number of hydrogen-bond acceptors (Lipinski definition) is 10. The van der Waals surface area contributed by atoms with E-state index in [1.807, 2.05) is 11.3 Å². The summed E-state index contributed by atoms with van der Waals surface area (Å²) in [5, 5.41) is 6.18. The SMILES string of the molecule is CCN(CC)CCNc1ccc2[s+]c3ccccc3cc2c1.[O-][Cl+3]([O-])([O-])O.[O-][Cl+3]([O-])([O-])[O-]. The van der Waals surface area contributed by atoms with Crippen LogP contribution in [-0.4, -0.2) is 35.7 Å². The molecule has 0 saturated carbocycles. The average molecular weight is 511 g/mol. The zero-order chi connectivity index (χ0) is 24.4. The number of nitrogens with zero attached hydrogens (tertiary/aromatic N) is 1. The van der Waals surface area contributed by atoms with Gasteiger partial charge >= 0.3 is 0 Å². The van der Waals surface area contributed by atoms with Gasteiger partial charge in [-0.25, -0.2) is 18.6 Å². The van der Waals surface area contributed by atoms with Gasteiger partial charge in [0.15, 0.2) is 0 Å². The summed E-state index contributed by atoms with van der Waals surface area (Å²) in [6.07, 6.45) is 0. The molecule has 10 nitrogen and oxygen atoms in total. The average Bonchev–Trinajstić information content (AvgIpc) is 2.67. The third kappa shape index (κ3) is 13.2. The number of nitrogens with one attached hydrogen (secondary N) is 1. The molecule has 32 heavy (non-hydrogen) atoms. The van der Waals surface area contributed by atoms with Gasteiger partial charge in [-0.15, -0.1) is 10.2 Å². The van der Waals surface area contributed by atoms with Gasteiger partial charge in [0.05, 0.1) is 14.9 Å². The van der Waals surface area contributed by atoms with Crippen molar-refractivity contribution < 1.29 is 57.8 Å². The van der Waals surface area contributed by atoms with Crippen LogP contribution in [0.3, 0.4) is 0 Å².